The van der Waals surface area contributed by atoms with Gasteiger partial charge in [-0.3, -0.25) is 0 Å². The van der Waals surface area contributed by atoms with E-state index in [1.165, 1.54) is 5.38 Å². The maximum atomic E-state index is 12.3. The molecular formula is C10H15F3N2S. The second-order valence-corrected chi connectivity index (χ2v) is 4.39. The molecule has 6 heteroatoms. The zero-order valence-corrected chi connectivity index (χ0v) is 10.1. The highest BCUT2D eigenvalue weighted by Gasteiger charge is 2.34. The molecule has 0 amide bonds. The first-order valence-corrected chi connectivity index (χ1v) is 6.10. The van der Waals surface area contributed by atoms with E-state index in [9.17, 15) is 13.2 Å². The van der Waals surface area contributed by atoms with Gasteiger partial charge in [-0.25, -0.2) is 4.98 Å². The molecule has 0 unspecified atom stereocenters. The van der Waals surface area contributed by atoms with E-state index < -0.39 is 11.2 Å². The molecule has 1 aromatic rings. The van der Waals surface area contributed by atoms with Crippen LogP contribution in [0.2, 0.25) is 0 Å². The van der Waals surface area contributed by atoms with Gasteiger partial charge in [0, 0.05) is 18.0 Å². The van der Waals surface area contributed by atoms with Gasteiger partial charge < -0.3 is 5.32 Å². The third kappa shape index (κ3) is 3.75. The molecule has 0 spiro atoms. The van der Waals surface area contributed by atoms with Crippen molar-refractivity contribution in [2.75, 3.05) is 0 Å². The molecule has 1 N–H and O–H groups in total. The fraction of sp³-hybridized carbons (Fsp3) is 0.700. The van der Waals surface area contributed by atoms with Crippen molar-refractivity contribution >= 4 is 11.3 Å². The smallest absolute Gasteiger partial charge is 0.308 e. The standard InChI is InChI=1S/C10H15F3N2S/c1-3-7(4-2)14-5-8-6-16-9(15-8)10(11,12)13/h6-7,14H,3-5H2,1-2H3. The highest BCUT2D eigenvalue weighted by Crippen LogP contribution is 2.31. The van der Waals surface area contributed by atoms with Crippen molar-refractivity contribution in [3.63, 3.8) is 0 Å². The van der Waals surface area contributed by atoms with Crippen LogP contribution in [-0.4, -0.2) is 11.0 Å². The monoisotopic (exact) mass is 252 g/mol. The average molecular weight is 252 g/mol. The molecule has 0 radical (unpaired) electrons. The summed E-state index contributed by atoms with van der Waals surface area (Å²) in [5, 5.41) is 3.86. The Labute approximate surface area is 96.9 Å². The Balaban J connectivity index is 2.53. The molecule has 0 aliphatic rings. The number of aromatic nitrogens is 1. The van der Waals surface area contributed by atoms with Gasteiger partial charge in [0.15, 0.2) is 5.01 Å². The van der Waals surface area contributed by atoms with Gasteiger partial charge in [0.1, 0.15) is 0 Å². The molecule has 0 bridgehead atoms. The molecule has 0 atom stereocenters. The van der Waals surface area contributed by atoms with Gasteiger partial charge in [-0.05, 0) is 12.8 Å². The van der Waals surface area contributed by atoms with Gasteiger partial charge in [0.25, 0.3) is 0 Å². The van der Waals surface area contributed by atoms with Crippen LogP contribution < -0.4 is 5.32 Å². The number of nitrogens with zero attached hydrogens (tertiary/aromatic N) is 1. The van der Waals surface area contributed by atoms with E-state index in [1.807, 2.05) is 13.8 Å². The summed E-state index contributed by atoms with van der Waals surface area (Å²) in [5.41, 5.74) is 0.462. The lowest BCUT2D eigenvalue weighted by molar-refractivity contribution is -0.137. The number of thiazole rings is 1. The largest absolute Gasteiger partial charge is 0.443 e. The predicted octanol–water partition coefficient (Wildman–Crippen LogP) is 3.44. The Morgan fingerprint density at radius 1 is 1.38 bits per heavy atom. The first-order chi connectivity index (χ1) is 7.47. The van der Waals surface area contributed by atoms with Gasteiger partial charge in [-0.15, -0.1) is 11.3 Å². The molecule has 1 aromatic heterocycles. The third-order valence-corrected chi connectivity index (χ3v) is 3.29. The second-order valence-electron chi connectivity index (χ2n) is 3.54. The molecule has 0 saturated heterocycles. The maximum Gasteiger partial charge on any atom is 0.443 e. The quantitative estimate of drug-likeness (QED) is 0.868. The molecule has 0 aromatic carbocycles. The Hall–Kier alpha value is -0.620. The summed E-state index contributed by atoms with van der Waals surface area (Å²) in [5.74, 6) is 0. The van der Waals surface area contributed by atoms with Gasteiger partial charge in [-0.2, -0.15) is 13.2 Å². The van der Waals surface area contributed by atoms with Crippen molar-refractivity contribution in [1.82, 2.24) is 10.3 Å². The van der Waals surface area contributed by atoms with E-state index >= 15 is 0 Å². The minimum Gasteiger partial charge on any atom is -0.308 e. The van der Waals surface area contributed by atoms with E-state index in [1.54, 1.807) is 0 Å². The van der Waals surface area contributed by atoms with Crippen LogP contribution in [0.1, 0.15) is 37.4 Å². The average Bonchev–Trinajstić information content (AvgIpc) is 2.67. The fourth-order valence-electron chi connectivity index (χ4n) is 1.34. The predicted molar refractivity (Wildman–Crippen MR) is 58.3 cm³/mol. The van der Waals surface area contributed by atoms with Crippen LogP contribution in [0.25, 0.3) is 0 Å². The van der Waals surface area contributed by atoms with E-state index in [0.717, 1.165) is 12.8 Å². The van der Waals surface area contributed by atoms with Crippen molar-refractivity contribution in [3.05, 3.63) is 16.1 Å². The number of nitrogens with one attached hydrogen (secondary N) is 1. The molecule has 0 aliphatic carbocycles. The van der Waals surface area contributed by atoms with Crippen molar-refractivity contribution in [1.29, 1.82) is 0 Å². The zero-order chi connectivity index (χ0) is 12.2. The van der Waals surface area contributed by atoms with Crippen LogP contribution in [0.3, 0.4) is 0 Å². The molecular weight excluding hydrogens is 237 g/mol. The Morgan fingerprint density at radius 2 is 2.00 bits per heavy atom. The molecule has 0 fully saturated rings. The lowest BCUT2D eigenvalue weighted by atomic mass is 10.2. The minimum atomic E-state index is -4.32. The number of alkyl halides is 3. The maximum absolute atomic E-state index is 12.3. The summed E-state index contributed by atoms with van der Waals surface area (Å²) >= 11 is 0.647. The molecule has 2 nitrogen and oxygen atoms in total. The van der Waals surface area contributed by atoms with Gasteiger partial charge in [-0.1, -0.05) is 13.8 Å². The van der Waals surface area contributed by atoms with E-state index in [4.69, 9.17) is 0 Å². The molecule has 1 heterocycles. The molecule has 92 valence electrons. The Kier molecular flexibility index (Phi) is 4.73. The number of rotatable bonds is 5. The van der Waals surface area contributed by atoms with Crippen LogP contribution in [0.5, 0.6) is 0 Å². The first-order valence-electron chi connectivity index (χ1n) is 5.22. The normalized spacial score (nSPS) is 12.4. The van der Waals surface area contributed by atoms with Crippen LogP contribution in [-0.2, 0) is 12.7 Å². The second kappa shape index (κ2) is 5.63. The SMILES string of the molecule is CCC(CC)NCc1csc(C(F)(F)F)n1. The van der Waals surface area contributed by atoms with Crippen LogP contribution in [0.15, 0.2) is 5.38 Å². The lowest BCUT2D eigenvalue weighted by Gasteiger charge is -2.13. The van der Waals surface area contributed by atoms with Crippen molar-refractivity contribution in [2.45, 2.75) is 45.5 Å². The fourth-order valence-corrected chi connectivity index (χ4v) is 2.03. The topological polar surface area (TPSA) is 24.9 Å². The van der Waals surface area contributed by atoms with Gasteiger partial charge >= 0.3 is 6.18 Å². The summed E-state index contributed by atoms with van der Waals surface area (Å²) in [6, 6.07) is 0.344. The molecule has 16 heavy (non-hydrogen) atoms. The van der Waals surface area contributed by atoms with E-state index in [-0.39, 0.29) is 0 Å². The minimum absolute atomic E-state index is 0.344. The van der Waals surface area contributed by atoms with Crippen molar-refractivity contribution in [2.24, 2.45) is 0 Å². The lowest BCUT2D eigenvalue weighted by Crippen LogP contribution is -2.27. The third-order valence-electron chi connectivity index (χ3n) is 2.35. The van der Waals surface area contributed by atoms with Crippen molar-refractivity contribution in [3.8, 4) is 0 Å². The Morgan fingerprint density at radius 3 is 2.44 bits per heavy atom. The highest BCUT2D eigenvalue weighted by atomic mass is 32.1. The van der Waals surface area contributed by atoms with Gasteiger partial charge in [0.2, 0.25) is 0 Å². The summed E-state index contributed by atoms with van der Waals surface area (Å²) in [6.07, 6.45) is -2.39. The zero-order valence-electron chi connectivity index (χ0n) is 9.27. The summed E-state index contributed by atoms with van der Waals surface area (Å²) < 4.78 is 36.8. The van der Waals surface area contributed by atoms with Crippen LogP contribution >= 0.6 is 11.3 Å². The number of hydrogen-bond donors (Lipinski definition) is 1. The van der Waals surface area contributed by atoms with Crippen molar-refractivity contribution < 1.29 is 13.2 Å². The highest BCUT2D eigenvalue weighted by molar-refractivity contribution is 7.09. The Bertz CT molecular complexity index is 318. The summed E-state index contributed by atoms with van der Waals surface area (Å²) in [6.45, 7) is 4.49. The summed E-state index contributed by atoms with van der Waals surface area (Å²) in [4.78, 5) is 3.55. The van der Waals surface area contributed by atoms with E-state index in [2.05, 4.69) is 10.3 Å². The number of hydrogen-bond acceptors (Lipinski definition) is 3. The molecule has 0 saturated carbocycles. The van der Waals surface area contributed by atoms with Crippen LogP contribution in [0, 0.1) is 0 Å². The first kappa shape index (κ1) is 13.4. The number of halogens is 3. The molecule has 0 aliphatic heterocycles. The van der Waals surface area contributed by atoms with E-state index in [0.29, 0.717) is 29.6 Å². The van der Waals surface area contributed by atoms with Crippen LogP contribution in [0.4, 0.5) is 13.2 Å². The molecule has 1 rings (SSSR count). The summed E-state index contributed by atoms with van der Waals surface area (Å²) in [7, 11) is 0. The van der Waals surface area contributed by atoms with Gasteiger partial charge in [0.05, 0.1) is 5.69 Å².